The van der Waals surface area contributed by atoms with Gasteiger partial charge in [0.2, 0.25) is 0 Å². The van der Waals surface area contributed by atoms with Crippen molar-refractivity contribution in [1.29, 1.82) is 0 Å². The Hall–Kier alpha value is -3.03. The Kier molecular flexibility index (Phi) is 6.34. The third kappa shape index (κ3) is 4.75. The van der Waals surface area contributed by atoms with Gasteiger partial charge in [-0.1, -0.05) is 11.6 Å². The number of hydrogen-bond acceptors (Lipinski definition) is 5. The molecule has 0 aromatic heterocycles. The van der Waals surface area contributed by atoms with Crippen LogP contribution in [-0.2, 0) is 10.1 Å². The minimum atomic E-state index is -4.02. The van der Waals surface area contributed by atoms with E-state index in [9.17, 15) is 13.2 Å². The van der Waals surface area contributed by atoms with E-state index in [1.165, 1.54) is 25.3 Å². The Labute approximate surface area is 180 Å². The first kappa shape index (κ1) is 21.7. The zero-order valence-corrected chi connectivity index (χ0v) is 18.2. The molecule has 3 aromatic rings. The number of halogens is 1. The van der Waals surface area contributed by atoms with Crippen molar-refractivity contribution in [2.45, 2.75) is 18.7 Å². The number of hydrogen-bond donors (Lipinski definition) is 1. The highest BCUT2D eigenvalue weighted by Crippen LogP contribution is 2.30. The lowest BCUT2D eigenvalue weighted by atomic mass is 10.1. The quantitative estimate of drug-likeness (QED) is 0.541. The summed E-state index contributed by atoms with van der Waals surface area (Å²) < 4.78 is 35.6. The third-order valence-corrected chi connectivity index (χ3v) is 6.14. The topological polar surface area (TPSA) is 81.7 Å². The molecular weight excluding hydrogens is 426 g/mol. The van der Waals surface area contributed by atoms with Crippen LogP contribution in [0, 0.1) is 13.8 Å². The van der Waals surface area contributed by atoms with Gasteiger partial charge in [-0.2, -0.15) is 8.42 Å². The Morgan fingerprint density at radius 2 is 1.53 bits per heavy atom. The second-order valence-electron chi connectivity index (χ2n) is 6.54. The van der Waals surface area contributed by atoms with Crippen molar-refractivity contribution in [3.63, 3.8) is 0 Å². The zero-order valence-electron chi connectivity index (χ0n) is 16.6. The molecule has 0 aliphatic rings. The standard InChI is InChI=1S/C22H20ClNO5S/c1-14-15(2)21(29-30(26,27)19-10-8-18(28-3)9-11-19)13-12-20(14)24-22(25)16-4-6-17(23)7-5-16/h4-13H,1-3H3,(H,24,25). The van der Waals surface area contributed by atoms with Crippen molar-refractivity contribution in [2.75, 3.05) is 12.4 Å². The molecule has 0 aliphatic heterocycles. The number of ether oxygens (including phenoxy) is 1. The molecule has 0 saturated heterocycles. The molecule has 3 aromatic carbocycles. The fourth-order valence-corrected chi connectivity index (χ4v) is 3.83. The van der Waals surface area contributed by atoms with E-state index in [-0.39, 0.29) is 16.6 Å². The summed E-state index contributed by atoms with van der Waals surface area (Å²) in [5.41, 5.74) is 2.31. The summed E-state index contributed by atoms with van der Waals surface area (Å²) in [5.74, 6) is 0.434. The number of rotatable bonds is 6. The maximum atomic E-state index is 12.6. The molecule has 6 nitrogen and oxygen atoms in total. The number of methoxy groups -OCH3 is 1. The predicted molar refractivity (Wildman–Crippen MR) is 116 cm³/mol. The van der Waals surface area contributed by atoms with Crippen LogP contribution >= 0.6 is 11.6 Å². The van der Waals surface area contributed by atoms with E-state index in [4.69, 9.17) is 20.5 Å². The lowest BCUT2D eigenvalue weighted by Crippen LogP contribution is -2.14. The summed E-state index contributed by atoms with van der Waals surface area (Å²) in [6.45, 7) is 3.51. The summed E-state index contributed by atoms with van der Waals surface area (Å²) in [5, 5.41) is 3.36. The van der Waals surface area contributed by atoms with Crippen molar-refractivity contribution in [2.24, 2.45) is 0 Å². The van der Waals surface area contributed by atoms with Gasteiger partial charge in [0.05, 0.1) is 7.11 Å². The number of benzene rings is 3. The maximum absolute atomic E-state index is 12.6. The van der Waals surface area contributed by atoms with Crippen LogP contribution in [0.2, 0.25) is 5.02 Å². The second-order valence-corrected chi connectivity index (χ2v) is 8.52. The van der Waals surface area contributed by atoms with Crippen molar-refractivity contribution in [3.8, 4) is 11.5 Å². The lowest BCUT2D eigenvalue weighted by molar-refractivity contribution is 0.102. The summed E-state index contributed by atoms with van der Waals surface area (Å²) in [6.07, 6.45) is 0. The zero-order chi connectivity index (χ0) is 21.9. The molecule has 156 valence electrons. The average Bonchev–Trinajstić information content (AvgIpc) is 2.74. The van der Waals surface area contributed by atoms with Crippen LogP contribution in [0.3, 0.4) is 0 Å². The van der Waals surface area contributed by atoms with Crippen molar-refractivity contribution in [1.82, 2.24) is 0 Å². The molecule has 1 N–H and O–H groups in total. The van der Waals surface area contributed by atoms with Gasteiger partial charge in [0.1, 0.15) is 16.4 Å². The fourth-order valence-electron chi connectivity index (χ4n) is 2.73. The van der Waals surface area contributed by atoms with Gasteiger partial charge in [-0.3, -0.25) is 4.79 Å². The number of nitrogens with one attached hydrogen (secondary N) is 1. The summed E-state index contributed by atoms with van der Waals surface area (Å²) in [7, 11) is -2.52. The molecule has 0 atom stereocenters. The van der Waals surface area contributed by atoms with Crippen LogP contribution in [-0.4, -0.2) is 21.4 Å². The number of carbonyl (C=O) groups is 1. The summed E-state index contributed by atoms with van der Waals surface area (Å²) >= 11 is 5.85. The molecule has 0 radical (unpaired) electrons. The highest BCUT2D eigenvalue weighted by atomic mass is 35.5. The van der Waals surface area contributed by atoms with Crippen molar-refractivity contribution >= 4 is 33.3 Å². The number of anilines is 1. The van der Waals surface area contributed by atoms with E-state index in [0.717, 1.165) is 0 Å². The largest absolute Gasteiger partial charge is 0.497 e. The molecule has 8 heteroatoms. The van der Waals surface area contributed by atoms with E-state index in [1.807, 2.05) is 0 Å². The van der Waals surface area contributed by atoms with Crippen LogP contribution in [0.15, 0.2) is 65.6 Å². The highest BCUT2D eigenvalue weighted by Gasteiger charge is 2.20. The molecule has 0 spiro atoms. The first-order valence-electron chi connectivity index (χ1n) is 8.97. The smallest absolute Gasteiger partial charge is 0.339 e. The Bertz CT molecular complexity index is 1170. The minimum Gasteiger partial charge on any atom is -0.497 e. The van der Waals surface area contributed by atoms with E-state index in [1.54, 1.807) is 56.3 Å². The summed E-state index contributed by atoms with van der Waals surface area (Å²) in [6, 6.07) is 15.6. The van der Waals surface area contributed by atoms with Crippen LogP contribution in [0.4, 0.5) is 5.69 Å². The van der Waals surface area contributed by atoms with Gasteiger partial charge in [0.25, 0.3) is 5.91 Å². The van der Waals surface area contributed by atoms with E-state index in [0.29, 0.717) is 33.1 Å². The normalized spacial score (nSPS) is 11.1. The molecule has 1 amide bonds. The molecule has 0 unspecified atom stereocenters. The molecule has 30 heavy (non-hydrogen) atoms. The molecule has 0 aliphatic carbocycles. The lowest BCUT2D eigenvalue weighted by Gasteiger charge is -2.15. The number of carbonyl (C=O) groups excluding carboxylic acids is 1. The Morgan fingerprint density at radius 1 is 0.900 bits per heavy atom. The van der Waals surface area contributed by atoms with E-state index < -0.39 is 10.1 Å². The van der Waals surface area contributed by atoms with E-state index in [2.05, 4.69) is 5.32 Å². The Morgan fingerprint density at radius 3 is 2.13 bits per heavy atom. The number of amides is 1. The maximum Gasteiger partial charge on any atom is 0.339 e. The van der Waals surface area contributed by atoms with Gasteiger partial charge in [-0.15, -0.1) is 0 Å². The molecule has 0 bridgehead atoms. The van der Waals surface area contributed by atoms with Crippen LogP contribution in [0.25, 0.3) is 0 Å². The Balaban J connectivity index is 1.81. The molecular formula is C22H20ClNO5S. The van der Waals surface area contributed by atoms with Gasteiger partial charge in [0, 0.05) is 16.3 Å². The monoisotopic (exact) mass is 445 g/mol. The van der Waals surface area contributed by atoms with E-state index >= 15 is 0 Å². The molecule has 3 rings (SSSR count). The molecule has 0 saturated carbocycles. The van der Waals surface area contributed by atoms with Gasteiger partial charge in [-0.05, 0) is 85.6 Å². The fraction of sp³-hybridized carbons (Fsp3) is 0.136. The van der Waals surface area contributed by atoms with Crippen LogP contribution < -0.4 is 14.2 Å². The minimum absolute atomic E-state index is 0.0143. The van der Waals surface area contributed by atoms with Crippen LogP contribution in [0.5, 0.6) is 11.5 Å². The van der Waals surface area contributed by atoms with Crippen molar-refractivity contribution < 1.29 is 22.1 Å². The second kappa shape index (κ2) is 8.77. The van der Waals surface area contributed by atoms with Gasteiger partial charge < -0.3 is 14.2 Å². The molecule has 0 heterocycles. The van der Waals surface area contributed by atoms with Gasteiger partial charge in [-0.25, -0.2) is 0 Å². The average molecular weight is 446 g/mol. The first-order chi connectivity index (χ1) is 14.2. The SMILES string of the molecule is COc1ccc(S(=O)(=O)Oc2ccc(NC(=O)c3ccc(Cl)cc3)c(C)c2C)cc1. The van der Waals surface area contributed by atoms with Crippen molar-refractivity contribution in [3.05, 3.63) is 82.4 Å². The van der Waals surface area contributed by atoms with Gasteiger partial charge >= 0.3 is 10.1 Å². The van der Waals surface area contributed by atoms with Gasteiger partial charge in [0.15, 0.2) is 0 Å². The first-order valence-corrected chi connectivity index (χ1v) is 10.8. The predicted octanol–water partition coefficient (Wildman–Crippen LogP) is 4.99. The summed E-state index contributed by atoms with van der Waals surface area (Å²) in [4.78, 5) is 12.5. The van der Waals surface area contributed by atoms with Crippen LogP contribution in [0.1, 0.15) is 21.5 Å². The third-order valence-electron chi connectivity index (χ3n) is 4.64. The molecule has 0 fully saturated rings. The highest BCUT2D eigenvalue weighted by molar-refractivity contribution is 7.87.